The average Bonchev–Trinajstić information content (AvgIpc) is 2.41. The van der Waals surface area contributed by atoms with Crippen LogP contribution in [0.4, 0.5) is 0 Å². The molecule has 0 aliphatic rings. The van der Waals surface area contributed by atoms with Crippen LogP contribution in [0.2, 0.25) is 5.02 Å². The fourth-order valence-corrected chi connectivity index (χ4v) is 2.03. The maximum absolute atomic E-state index is 9.48. The van der Waals surface area contributed by atoms with E-state index in [1.807, 2.05) is 43.3 Å². The van der Waals surface area contributed by atoms with Crippen LogP contribution in [-0.4, -0.2) is 18.3 Å². The summed E-state index contributed by atoms with van der Waals surface area (Å²) in [7, 11) is 0. The second-order valence-electron chi connectivity index (χ2n) is 4.56. The largest absolute Gasteiger partial charge is 0.493 e. The highest BCUT2D eigenvalue weighted by Crippen LogP contribution is 2.21. The van der Waals surface area contributed by atoms with Gasteiger partial charge in [-0.2, -0.15) is 0 Å². The molecule has 2 rings (SSSR count). The number of hydrogen-bond donors (Lipinski definition) is 1. The summed E-state index contributed by atoms with van der Waals surface area (Å²) in [5.41, 5.74) is 2.28. The van der Waals surface area contributed by atoms with Gasteiger partial charge in [-0.15, -0.1) is 0 Å². The Balaban J connectivity index is 2.01. The first-order chi connectivity index (χ1) is 9.19. The second-order valence-corrected chi connectivity index (χ2v) is 4.99. The van der Waals surface area contributed by atoms with E-state index in [4.69, 9.17) is 16.3 Å². The van der Waals surface area contributed by atoms with E-state index >= 15 is 0 Å². The number of halogens is 1. The van der Waals surface area contributed by atoms with Gasteiger partial charge in [-0.3, -0.25) is 0 Å². The Labute approximate surface area is 118 Å². The molecule has 1 N–H and O–H groups in total. The fourth-order valence-electron chi connectivity index (χ4n) is 1.85. The minimum atomic E-state index is -0.0282. The molecule has 0 aromatic heterocycles. The summed E-state index contributed by atoms with van der Waals surface area (Å²) in [6.07, 6.45) is 0. The maximum atomic E-state index is 9.48. The summed E-state index contributed by atoms with van der Waals surface area (Å²) >= 11 is 5.90. The van der Waals surface area contributed by atoms with E-state index in [9.17, 15) is 5.11 Å². The summed E-state index contributed by atoms with van der Waals surface area (Å²) in [5.74, 6) is 0.692. The first-order valence-electron chi connectivity index (χ1n) is 6.25. The van der Waals surface area contributed by atoms with Crippen LogP contribution in [0.25, 0.3) is 0 Å². The molecule has 19 heavy (non-hydrogen) atoms. The molecule has 0 amide bonds. The van der Waals surface area contributed by atoms with E-state index in [0.717, 1.165) is 11.3 Å². The van der Waals surface area contributed by atoms with Crippen molar-refractivity contribution in [1.29, 1.82) is 0 Å². The molecule has 1 atom stereocenters. The van der Waals surface area contributed by atoms with Gasteiger partial charge in [-0.1, -0.05) is 47.5 Å². The molecule has 2 nitrogen and oxygen atoms in total. The maximum Gasteiger partial charge on any atom is 0.120 e. The van der Waals surface area contributed by atoms with Gasteiger partial charge in [-0.25, -0.2) is 0 Å². The lowest BCUT2D eigenvalue weighted by molar-refractivity contribution is 0.205. The third kappa shape index (κ3) is 3.98. The minimum Gasteiger partial charge on any atom is -0.493 e. The van der Waals surface area contributed by atoms with Gasteiger partial charge in [-0.05, 0) is 30.7 Å². The summed E-state index contributed by atoms with van der Waals surface area (Å²) in [4.78, 5) is 0. The van der Waals surface area contributed by atoms with E-state index < -0.39 is 0 Å². The summed E-state index contributed by atoms with van der Waals surface area (Å²) in [5, 5.41) is 10.1. The number of benzene rings is 2. The Morgan fingerprint density at radius 1 is 1.16 bits per heavy atom. The fraction of sp³-hybridized carbons (Fsp3) is 0.250. The second kappa shape index (κ2) is 6.60. The Kier molecular flexibility index (Phi) is 4.83. The van der Waals surface area contributed by atoms with Crippen molar-refractivity contribution in [3.05, 3.63) is 64.7 Å². The van der Waals surface area contributed by atoms with Crippen molar-refractivity contribution in [2.75, 3.05) is 13.2 Å². The van der Waals surface area contributed by atoms with E-state index in [1.54, 1.807) is 12.1 Å². The van der Waals surface area contributed by atoms with Gasteiger partial charge in [0.2, 0.25) is 0 Å². The molecule has 100 valence electrons. The van der Waals surface area contributed by atoms with Crippen molar-refractivity contribution in [3.8, 4) is 5.75 Å². The van der Waals surface area contributed by atoms with Crippen LogP contribution in [-0.2, 0) is 0 Å². The average molecular weight is 277 g/mol. The number of rotatable bonds is 5. The zero-order valence-electron chi connectivity index (χ0n) is 10.8. The predicted octanol–water partition coefficient (Wildman–Crippen LogP) is 3.80. The van der Waals surface area contributed by atoms with Crippen LogP contribution in [0.15, 0.2) is 48.5 Å². The first kappa shape index (κ1) is 13.9. The quantitative estimate of drug-likeness (QED) is 0.900. The van der Waals surface area contributed by atoms with Gasteiger partial charge in [0.05, 0.1) is 13.2 Å². The molecule has 0 fully saturated rings. The van der Waals surface area contributed by atoms with Gasteiger partial charge in [0, 0.05) is 10.9 Å². The van der Waals surface area contributed by atoms with Crippen molar-refractivity contribution in [3.63, 3.8) is 0 Å². The molecule has 0 heterocycles. The molecule has 2 aromatic carbocycles. The topological polar surface area (TPSA) is 29.5 Å². The molecule has 0 radical (unpaired) electrons. The highest BCUT2D eigenvalue weighted by atomic mass is 35.5. The van der Waals surface area contributed by atoms with Gasteiger partial charge in [0.1, 0.15) is 5.75 Å². The third-order valence-corrected chi connectivity index (χ3v) is 3.25. The summed E-state index contributed by atoms with van der Waals surface area (Å²) < 4.78 is 5.68. The van der Waals surface area contributed by atoms with E-state index in [1.165, 1.54) is 5.56 Å². The normalized spacial score (nSPS) is 12.2. The Hall–Kier alpha value is -1.51. The lowest BCUT2D eigenvalue weighted by Crippen LogP contribution is -2.14. The molecular weight excluding hydrogens is 260 g/mol. The number of ether oxygens (including phenoxy) is 1. The smallest absolute Gasteiger partial charge is 0.120 e. The van der Waals surface area contributed by atoms with Crippen molar-refractivity contribution in [2.45, 2.75) is 12.8 Å². The SMILES string of the molecule is Cc1ccc(C(CO)COc2cccc(Cl)c2)cc1. The zero-order valence-corrected chi connectivity index (χ0v) is 11.6. The van der Waals surface area contributed by atoms with Crippen molar-refractivity contribution in [1.82, 2.24) is 0 Å². The standard InChI is InChI=1S/C16H17ClO2/c1-12-5-7-13(8-6-12)14(10-18)11-19-16-4-2-3-15(17)9-16/h2-9,14,18H,10-11H2,1H3. The number of aryl methyl sites for hydroxylation is 1. The lowest BCUT2D eigenvalue weighted by Gasteiger charge is -2.16. The molecular formula is C16H17ClO2. The lowest BCUT2D eigenvalue weighted by atomic mass is 10.00. The van der Waals surface area contributed by atoms with Gasteiger partial charge < -0.3 is 9.84 Å². The van der Waals surface area contributed by atoms with Crippen LogP contribution >= 0.6 is 11.6 Å². The molecule has 0 spiro atoms. The highest BCUT2D eigenvalue weighted by molar-refractivity contribution is 6.30. The summed E-state index contributed by atoms with van der Waals surface area (Å²) in [6, 6.07) is 15.4. The molecule has 0 saturated heterocycles. The van der Waals surface area contributed by atoms with E-state index in [2.05, 4.69) is 0 Å². The van der Waals surface area contributed by atoms with Crippen molar-refractivity contribution < 1.29 is 9.84 Å². The first-order valence-corrected chi connectivity index (χ1v) is 6.62. The molecule has 3 heteroatoms. The van der Waals surface area contributed by atoms with Crippen molar-refractivity contribution >= 4 is 11.6 Å². The number of aliphatic hydroxyl groups is 1. The Morgan fingerprint density at radius 2 is 1.89 bits per heavy atom. The van der Waals surface area contributed by atoms with Crippen LogP contribution < -0.4 is 4.74 Å². The van der Waals surface area contributed by atoms with E-state index in [0.29, 0.717) is 11.6 Å². The third-order valence-electron chi connectivity index (χ3n) is 3.02. The summed E-state index contributed by atoms with van der Waals surface area (Å²) in [6.45, 7) is 2.53. The van der Waals surface area contributed by atoms with Crippen LogP contribution in [0.1, 0.15) is 17.0 Å². The Morgan fingerprint density at radius 3 is 2.53 bits per heavy atom. The van der Waals surface area contributed by atoms with Crippen LogP contribution in [0, 0.1) is 6.92 Å². The zero-order chi connectivity index (χ0) is 13.7. The van der Waals surface area contributed by atoms with E-state index in [-0.39, 0.29) is 12.5 Å². The Bertz CT molecular complexity index is 523. The predicted molar refractivity (Wildman–Crippen MR) is 78.0 cm³/mol. The van der Waals surface area contributed by atoms with Gasteiger partial charge in [0.15, 0.2) is 0 Å². The monoisotopic (exact) mass is 276 g/mol. The number of aliphatic hydroxyl groups excluding tert-OH is 1. The molecule has 0 saturated carbocycles. The number of hydrogen-bond acceptors (Lipinski definition) is 2. The minimum absolute atomic E-state index is 0.0282. The molecule has 1 unspecified atom stereocenters. The van der Waals surface area contributed by atoms with Gasteiger partial charge >= 0.3 is 0 Å². The molecule has 0 aliphatic heterocycles. The highest BCUT2D eigenvalue weighted by Gasteiger charge is 2.11. The molecule has 0 aliphatic carbocycles. The van der Waals surface area contributed by atoms with Crippen LogP contribution in [0.5, 0.6) is 5.75 Å². The molecule has 0 bridgehead atoms. The van der Waals surface area contributed by atoms with Gasteiger partial charge in [0.25, 0.3) is 0 Å². The van der Waals surface area contributed by atoms with Crippen LogP contribution in [0.3, 0.4) is 0 Å². The van der Waals surface area contributed by atoms with Crippen molar-refractivity contribution in [2.24, 2.45) is 0 Å². The molecule has 2 aromatic rings.